The Balaban J connectivity index is 1.84. The van der Waals surface area contributed by atoms with Gasteiger partial charge in [-0.25, -0.2) is 4.98 Å². The maximum absolute atomic E-state index is 13.6. The van der Waals surface area contributed by atoms with Crippen molar-refractivity contribution < 1.29 is 14.4 Å². The molecule has 0 saturated heterocycles. The van der Waals surface area contributed by atoms with Crippen molar-refractivity contribution in [2.45, 2.75) is 71.3 Å². The Morgan fingerprint density at radius 1 is 1.24 bits per heavy atom. The summed E-state index contributed by atoms with van der Waals surface area (Å²) in [6, 6.07) is 8.47. The van der Waals surface area contributed by atoms with Crippen LogP contribution in [0.25, 0.3) is 10.9 Å². The molecule has 0 radical (unpaired) electrons. The van der Waals surface area contributed by atoms with Gasteiger partial charge in [0, 0.05) is 22.0 Å². The first-order valence-corrected chi connectivity index (χ1v) is 13.5. The van der Waals surface area contributed by atoms with Crippen LogP contribution in [0.3, 0.4) is 0 Å². The van der Waals surface area contributed by atoms with Gasteiger partial charge in [0.1, 0.15) is 5.82 Å². The van der Waals surface area contributed by atoms with Crippen LogP contribution in [0.5, 0.6) is 11.5 Å². The Labute approximate surface area is 223 Å². The molecular weight excluding hydrogens is 540 g/mol. The molecule has 0 spiro atoms. The number of hydrogen-bond donors (Lipinski definition) is 0. The molecule has 37 heavy (non-hydrogen) atoms. The highest BCUT2D eigenvalue weighted by atomic mass is 79.9. The van der Waals surface area contributed by atoms with Crippen LogP contribution in [0, 0.1) is 10.1 Å². The summed E-state index contributed by atoms with van der Waals surface area (Å²) < 4.78 is 13.7. The van der Waals surface area contributed by atoms with Gasteiger partial charge in [0.05, 0.1) is 34.8 Å². The summed E-state index contributed by atoms with van der Waals surface area (Å²) in [5.74, 6) is 1.09. The van der Waals surface area contributed by atoms with E-state index < -0.39 is 4.92 Å². The Hall–Kier alpha value is -3.27. The molecule has 2 aromatic carbocycles. The summed E-state index contributed by atoms with van der Waals surface area (Å²) >= 11 is 3.43. The molecular formula is C27H31BrN4O5. The van der Waals surface area contributed by atoms with Crippen LogP contribution in [0.4, 0.5) is 5.69 Å². The highest BCUT2D eigenvalue weighted by Gasteiger charge is 2.25. The molecule has 196 valence electrons. The predicted octanol–water partition coefficient (Wildman–Crippen LogP) is 6.57. The Bertz CT molecular complexity index is 1380. The van der Waals surface area contributed by atoms with Gasteiger partial charge in [0.25, 0.3) is 5.56 Å². The number of nitrogens with zero attached hydrogens (tertiary/aromatic N) is 4. The third-order valence-corrected chi connectivity index (χ3v) is 7.07. The van der Waals surface area contributed by atoms with E-state index >= 15 is 0 Å². The molecule has 1 saturated carbocycles. The van der Waals surface area contributed by atoms with E-state index in [1.54, 1.807) is 19.1 Å². The molecule has 9 nitrogen and oxygen atoms in total. The fourth-order valence-electron chi connectivity index (χ4n) is 4.51. The maximum atomic E-state index is 13.6. The predicted molar refractivity (Wildman–Crippen MR) is 147 cm³/mol. The second kappa shape index (κ2) is 11.9. The molecule has 3 aromatic rings. The molecule has 1 fully saturated rings. The number of nitro groups is 1. The van der Waals surface area contributed by atoms with Crippen molar-refractivity contribution in [3.8, 4) is 11.5 Å². The van der Waals surface area contributed by atoms with E-state index in [1.807, 2.05) is 26.0 Å². The van der Waals surface area contributed by atoms with Gasteiger partial charge in [0.15, 0.2) is 5.75 Å². The summed E-state index contributed by atoms with van der Waals surface area (Å²) in [7, 11) is 0. The van der Waals surface area contributed by atoms with Crippen molar-refractivity contribution in [2.24, 2.45) is 5.10 Å². The van der Waals surface area contributed by atoms with Crippen LogP contribution >= 0.6 is 15.9 Å². The topological polar surface area (TPSA) is 109 Å². The molecule has 4 rings (SSSR count). The van der Waals surface area contributed by atoms with Crippen LogP contribution in [-0.2, 0) is 0 Å². The molecule has 0 amide bonds. The van der Waals surface area contributed by atoms with E-state index in [0.717, 1.165) is 30.2 Å². The second-order valence-corrected chi connectivity index (χ2v) is 10.1. The summed E-state index contributed by atoms with van der Waals surface area (Å²) in [6.45, 7) is 5.90. The summed E-state index contributed by atoms with van der Waals surface area (Å²) in [5.41, 5.74) is 0.552. The van der Waals surface area contributed by atoms with Crippen LogP contribution < -0.4 is 15.0 Å². The normalized spacial score (nSPS) is 15.2. The van der Waals surface area contributed by atoms with Gasteiger partial charge in [-0.15, -0.1) is 0 Å². The number of rotatable bonds is 9. The van der Waals surface area contributed by atoms with Crippen molar-refractivity contribution in [1.82, 2.24) is 9.66 Å². The lowest BCUT2D eigenvalue weighted by atomic mass is 9.88. The van der Waals surface area contributed by atoms with Gasteiger partial charge >= 0.3 is 5.69 Å². The third kappa shape index (κ3) is 6.01. The quantitative estimate of drug-likeness (QED) is 0.163. The number of ether oxygens (including phenoxy) is 2. The van der Waals surface area contributed by atoms with Crippen molar-refractivity contribution in [3.05, 3.63) is 66.7 Å². The fraction of sp³-hybridized carbons (Fsp3) is 0.444. The number of nitro benzene ring substituents is 1. The molecule has 0 unspecified atom stereocenters. The largest absolute Gasteiger partial charge is 0.490 e. The molecule has 10 heteroatoms. The van der Waals surface area contributed by atoms with Crippen LogP contribution in [0.15, 0.2) is 44.7 Å². The summed E-state index contributed by atoms with van der Waals surface area (Å²) in [4.78, 5) is 29.8. The van der Waals surface area contributed by atoms with E-state index in [1.165, 1.54) is 23.4 Å². The van der Waals surface area contributed by atoms with Gasteiger partial charge in [-0.2, -0.15) is 9.78 Å². The van der Waals surface area contributed by atoms with E-state index in [2.05, 4.69) is 21.0 Å². The fourth-order valence-corrected chi connectivity index (χ4v) is 4.87. The first kappa shape index (κ1) is 26.8. The summed E-state index contributed by atoms with van der Waals surface area (Å²) in [6.07, 6.45) is 7.09. The number of halogens is 1. The van der Waals surface area contributed by atoms with Crippen LogP contribution in [0.2, 0.25) is 0 Å². The highest BCUT2D eigenvalue weighted by molar-refractivity contribution is 9.10. The number of fused-ring (bicyclic) bond motifs is 1. The lowest BCUT2D eigenvalue weighted by Gasteiger charge is -2.22. The van der Waals surface area contributed by atoms with E-state index in [4.69, 9.17) is 14.5 Å². The van der Waals surface area contributed by atoms with Crippen molar-refractivity contribution in [2.75, 3.05) is 6.61 Å². The first-order valence-electron chi connectivity index (χ1n) is 12.7. The lowest BCUT2D eigenvalue weighted by Crippen LogP contribution is -2.25. The molecule has 0 aliphatic heterocycles. The minimum Gasteiger partial charge on any atom is -0.490 e. The molecule has 0 bridgehead atoms. The van der Waals surface area contributed by atoms with Crippen molar-refractivity contribution in [1.29, 1.82) is 0 Å². The van der Waals surface area contributed by atoms with Gasteiger partial charge in [-0.3, -0.25) is 14.9 Å². The minimum absolute atomic E-state index is 0.0932. The van der Waals surface area contributed by atoms with Gasteiger partial charge < -0.3 is 9.47 Å². The third-order valence-electron chi connectivity index (χ3n) is 6.57. The monoisotopic (exact) mass is 570 g/mol. The second-order valence-electron chi connectivity index (χ2n) is 9.22. The smallest absolute Gasteiger partial charge is 0.315 e. The Kier molecular flexibility index (Phi) is 8.58. The molecule has 1 atom stereocenters. The molecule has 1 aliphatic carbocycles. The SMILES string of the molecule is CCOc1cc(C=Nn2c(C3CCCCC3)nc3ccc(Br)cc3c2=O)cc([N+](=O)[O-])c1O[C@H](C)CC. The highest BCUT2D eigenvalue weighted by Crippen LogP contribution is 2.39. The first-order chi connectivity index (χ1) is 17.8. The molecule has 1 heterocycles. The average molecular weight is 571 g/mol. The molecule has 0 N–H and O–H groups in total. The van der Waals surface area contributed by atoms with Crippen molar-refractivity contribution in [3.63, 3.8) is 0 Å². The van der Waals surface area contributed by atoms with Gasteiger partial charge in [-0.1, -0.05) is 42.1 Å². The van der Waals surface area contributed by atoms with Crippen molar-refractivity contribution >= 4 is 38.7 Å². The number of aromatic nitrogens is 2. The van der Waals surface area contributed by atoms with Gasteiger partial charge in [-0.05, 0) is 57.4 Å². The van der Waals surface area contributed by atoms with E-state index in [0.29, 0.717) is 35.3 Å². The van der Waals surface area contributed by atoms with Gasteiger partial charge in [0.2, 0.25) is 5.75 Å². The van der Waals surface area contributed by atoms with E-state index in [-0.39, 0.29) is 34.8 Å². The average Bonchev–Trinajstić information content (AvgIpc) is 2.89. The Morgan fingerprint density at radius 2 is 2.00 bits per heavy atom. The number of hydrogen-bond acceptors (Lipinski definition) is 7. The van der Waals surface area contributed by atoms with Crippen LogP contribution in [0.1, 0.15) is 76.6 Å². The zero-order valence-electron chi connectivity index (χ0n) is 21.3. The molecule has 1 aliphatic rings. The van der Waals surface area contributed by atoms with E-state index in [9.17, 15) is 14.9 Å². The summed E-state index contributed by atoms with van der Waals surface area (Å²) in [5, 5.41) is 16.9. The number of benzene rings is 2. The minimum atomic E-state index is -0.494. The zero-order valence-corrected chi connectivity index (χ0v) is 22.9. The lowest BCUT2D eigenvalue weighted by molar-refractivity contribution is -0.386. The standard InChI is InChI=1S/C27H31BrN4O5/c1-4-17(3)37-25-23(32(34)35)13-18(14-24(25)36-5-2)16-29-31-26(19-9-7-6-8-10-19)30-22-12-11-20(28)15-21(22)27(31)33/h11-17,19H,4-10H2,1-3H3/t17-/m1/s1. The van der Waals surface area contributed by atoms with Crippen LogP contribution in [-0.4, -0.2) is 33.5 Å². The molecule has 1 aromatic heterocycles. The maximum Gasteiger partial charge on any atom is 0.315 e. The Morgan fingerprint density at radius 3 is 2.68 bits per heavy atom. The zero-order chi connectivity index (χ0) is 26.5.